The van der Waals surface area contributed by atoms with Gasteiger partial charge >= 0.3 is 0 Å². The van der Waals surface area contributed by atoms with Gasteiger partial charge in [-0.3, -0.25) is 0 Å². The Morgan fingerprint density at radius 2 is 1.39 bits per heavy atom. The Hall–Kier alpha value is -2.26. The average molecular weight is 467 g/mol. The van der Waals surface area contributed by atoms with Crippen molar-refractivity contribution in [2.75, 3.05) is 25.7 Å². The maximum atomic E-state index is 8.93. The number of ether oxygens (including phenoxy) is 2. The molecule has 0 aromatic heterocycles. The molecule has 0 saturated heterocycles. The molecule has 3 aromatic rings. The highest BCUT2D eigenvalue weighted by Crippen LogP contribution is 2.32. The zero-order chi connectivity index (χ0) is 24.0. The standard InChI is InChI=1S/C11H11NO2S.C8H11NO2S.2C2H6/c1-14-10-5-2-7-6-8(15-13)3-4-9(7)11(10)12;1-5-3-6(9)7(11-2)4-8(5)12-10;2*1-2/h2-6,13H,12H2,1H3;3-4,10H,9H2,1-2H3;2*1-2H3. The first kappa shape index (κ1) is 28.7. The van der Waals surface area contributed by atoms with Gasteiger partial charge in [0.15, 0.2) is 0 Å². The van der Waals surface area contributed by atoms with Crippen LogP contribution < -0.4 is 20.9 Å². The van der Waals surface area contributed by atoms with Gasteiger partial charge in [-0.15, -0.1) is 0 Å². The second-order valence-electron chi connectivity index (χ2n) is 5.61. The molecule has 0 bridgehead atoms. The van der Waals surface area contributed by atoms with Gasteiger partial charge in [-0.2, -0.15) is 0 Å². The van der Waals surface area contributed by atoms with E-state index in [1.54, 1.807) is 26.4 Å². The molecule has 0 spiro atoms. The van der Waals surface area contributed by atoms with Crippen molar-refractivity contribution < 1.29 is 18.6 Å². The highest BCUT2D eigenvalue weighted by molar-refractivity contribution is 7.94. The van der Waals surface area contributed by atoms with Crippen molar-refractivity contribution in [1.82, 2.24) is 0 Å². The fourth-order valence-electron chi connectivity index (χ4n) is 2.51. The molecule has 172 valence electrons. The van der Waals surface area contributed by atoms with E-state index in [1.165, 1.54) is 0 Å². The average Bonchev–Trinajstić information content (AvgIpc) is 2.82. The molecule has 0 saturated carbocycles. The Bertz CT molecular complexity index is 912. The Labute approximate surface area is 194 Å². The number of rotatable bonds is 4. The zero-order valence-electron chi connectivity index (χ0n) is 19.2. The molecule has 0 aliphatic carbocycles. The largest absolute Gasteiger partial charge is 0.495 e. The lowest BCUT2D eigenvalue weighted by Gasteiger charge is -2.08. The third kappa shape index (κ3) is 8.06. The smallest absolute Gasteiger partial charge is 0.142 e. The summed E-state index contributed by atoms with van der Waals surface area (Å²) < 4.78 is 27.9. The highest BCUT2D eigenvalue weighted by Gasteiger charge is 2.05. The van der Waals surface area contributed by atoms with Gasteiger partial charge in [0.25, 0.3) is 0 Å². The van der Waals surface area contributed by atoms with Crippen LogP contribution in [0, 0.1) is 6.92 Å². The van der Waals surface area contributed by atoms with E-state index in [-0.39, 0.29) is 0 Å². The highest BCUT2D eigenvalue weighted by atomic mass is 32.2. The monoisotopic (exact) mass is 466 g/mol. The molecule has 0 unspecified atom stereocenters. The van der Waals surface area contributed by atoms with E-state index in [2.05, 4.69) is 0 Å². The second kappa shape index (κ2) is 15.5. The molecule has 0 amide bonds. The van der Waals surface area contributed by atoms with Gasteiger partial charge in [0.2, 0.25) is 0 Å². The van der Waals surface area contributed by atoms with Crippen LogP contribution in [0.5, 0.6) is 11.5 Å². The number of nitrogens with two attached hydrogens (primary N) is 2. The molecule has 3 aromatic carbocycles. The summed E-state index contributed by atoms with van der Waals surface area (Å²) >= 11 is 1.43. The molecule has 0 radical (unpaired) electrons. The quantitative estimate of drug-likeness (QED) is 0.236. The maximum absolute atomic E-state index is 8.93. The minimum absolute atomic E-state index is 0.591. The van der Waals surface area contributed by atoms with E-state index in [4.69, 9.17) is 30.0 Å². The lowest BCUT2D eigenvalue weighted by Crippen LogP contribution is -1.93. The minimum Gasteiger partial charge on any atom is -0.495 e. The van der Waals surface area contributed by atoms with E-state index < -0.39 is 0 Å². The maximum Gasteiger partial charge on any atom is 0.142 e. The summed E-state index contributed by atoms with van der Waals surface area (Å²) in [5.41, 5.74) is 13.7. The predicted octanol–water partition coefficient (Wildman–Crippen LogP) is 7.20. The van der Waals surface area contributed by atoms with Crippen LogP contribution in [0.1, 0.15) is 33.3 Å². The molecule has 3 rings (SSSR count). The van der Waals surface area contributed by atoms with Crippen molar-refractivity contribution in [3.05, 3.63) is 48.0 Å². The number of anilines is 2. The van der Waals surface area contributed by atoms with Gasteiger partial charge in [0.1, 0.15) is 11.5 Å². The van der Waals surface area contributed by atoms with Gasteiger partial charge in [-0.25, -0.2) is 0 Å². The lowest BCUT2D eigenvalue weighted by molar-refractivity contribution is 0.415. The molecule has 0 fully saturated rings. The first-order valence-corrected chi connectivity index (χ1v) is 11.4. The molecule has 8 heteroatoms. The van der Waals surface area contributed by atoms with Gasteiger partial charge in [0, 0.05) is 39.3 Å². The van der Waals surface area contributed by atoms with Crippen LogP contribution in [0.4, 0.5) is 11.4 Å². The van der Waals surface area contributed by atoms with Crippen LogP contribution in [0.15, 0.2) is 52.3 Å². The molecule has 6 N–H and O–H groups in total. The normalized spacial score (nSPS) is 9.32. The summed E-state index contributed by atoms with van der Waals surface area (Å²) in [5, 5.41) is 1.93. The van der Waals surface area contributed by atoms with Crippen molar-refractivity contribution in [2.24, 2.45) is 0 Å². The van der Waals surface area contributed by atoms with Gasteiger partial charge in [-0.05, 0) is 48.2 Å². The number of aryl methyl sites for hydroxylation is 1. The minimum atomic E-state index is 0.591. The van der Waals surface area contributed by atoms with E-state index in [1.807, 2.05) is 65.0 Å². The Morgan fingerprint density at radius 1 is 0.774 bits per heavy atom. The van der Waals surface area contributed by atoms with Gasteiger partial charge in [-0.1, -0.05) is 39.8 Å². The molecule has 0 atom stereocenters. The van der Waals surface area contributed by atoms with E-state index >= 15 is 0 Å². The van der Waals surface area contributed by atoms with Crippen molar-refractivity contribution in [2.45, 2.75) is 44.4 Å². The van der Waals surface area contributed by atoms with Crippen LogP contribution in [-0.2, 0) is 0 Å². The second-order valence-corrected chi connectivity index (χ2v) is 6.88. The molecule has 31 heavy (non-hydrogen) atoms. The molecular weight excluding hydrogens is 432 g/mol. The van der Waals surface area contributed by atoms with Crippen LogP contribution >= 0.6 is 24.1 Å². The fraction of sp³-hybridized carbons (Fsp3) is 0.304. The van der Waals surface area contributed by atoms with Crippen LogP contribution in [0.3, 0.4) is 0 Å². The SMILES string of the molecule is CC.CC.COc1cc(SO)c(C)cc1N.COc1ccc2cc(SO)ccc2c1N. The molecule has 0 heterocycles. The van der Waals surface area contributed by atoms with Gasteiger partial charge < -0.3 is 30.0 Å². The van der Waals surface area contributed by atoms with Crippen molar-refractivity contribution >= 4 is 46.2 Å². The summed E-state index contributed by atoms with van der Waals surface area (Å²) in [6.45, 7) is 9.88. The predicted molar refractivity (Wildman–Crippen MR) is 137 cm³/mol. The van der Waals surface area contributed by atoms with Crippen LogP contribution in [0.25, 0.3) is 10.8 Å². The van der Waals surface area contributed by atoms with E-state index in [9.17, 15) is 0 Å². The summed E-state index contributed by atoms with van der Waals surface area (Å²) in [4.78, 5) is 1.56. The van der Waals surface area contributed by atoms with Crippen LogP contribution in [-0.4, -0.2) is 23.3 Å². The third-order valence-electron chi connectivity index (χ3n) is 3.94. The Balaban J connectivity index is 0.000000510. The van der Waals surface area contributed by atoms with Crippen molar-refractivity contribution in [1.29, 1.82) is 0 Å². The number of nitrogen functional groups attached to an aromatic ring is 2. The summed E-state index contributed by atoms with van der Waals surface area (Å²) in [7, 11) is 3.14. The summed E-state index contributed by atoms with van der Waals surface area (Å²) in [6, 6.07) is 12.8. The van der Waals surface area contributed by atoms with Gasteiger partial charge in [0.05, 0.1) is 25.6 Å². The van der Waals surface area contributed by atoms with Crippen molar-refractivity contribution in [3.63, 3.8) is 0 Å². The topological polar surface area (TPSA) is 111 Å². The third-order valence-corrected chi connectivity index (χ3v) is 5.05. The number of hydrogen-bond acceptors (Lipinski definition) is 8. The fourth-order valence-corrected chi connectivity index (χ4v) is 3.18. The zero-order valence-corrected chi connectivity index (χ0v) is 20.9. The first-order valence-electron chi connectivity index (χ1n) is 9.88. The Kier molecular flexibility index (Phi) is 14.4. The van der Waals surface area contributed by atoms with Crippen molar-refractivity contribution in [3.8, 4) is 11.5 Å². The van der Waals surface area contributed by atoms with E-state index in [0.29, 0.717) is 34.9 Å². The number of benzene rings is 3. The molecule has 6 nitrogen and oxygen atoms in total. The summed E-state index contributed by atoms with van der Waals surface area (Å²) in [5.74, 6) is 1.27. The first-order chi connectivity index (χ1) is 14.9. The number of fused-ring (bicyclic) bond motifs is 1. The molecule has 0 aliphatic rings. The molecule has 0 aliphatic heterocycles. The van der Waals surface area contributed by atoms with Crippen LogP contribution in [0.2, 0.25) is 0 Å². The number of hydrogen-bond donors (Lipinski definition) is 4. The number of methoxy groups -OCH3 is 2. The summed E-state index contributed by atoms with van der Waals surface area (Å²) in [6.07, 6.45) is 0. The Morgan fingerprint density at radius 3 is 1.90 bits per heavy atom. The lowest BCUT2D eigenvalue weighted by atomic mass is 10.1. The molecular formula is C23H34N2O4S2. The van der Waals surface area contributed by atoms with E-state index in [0.717, 1.165) is 38.2 Å².